The van der Waals surface area contributed by atoms with Crippen molar-refractivity contribution in [2.75, 3.05) is 0 Å². The molecular formula is C114H70N4O2. The van der Waals surface area contributed by atoms with Crippen LogP contribution in [0.4, 0.5) is 0 Å². The molecule has 6 nitrogen and oxygen atoms in total. The van der Waals surface area contributed by atoms with Gasteiger partial charge in [0.2, 0.25) is 0 Å². The summed E-state index contributed by atoms with van der Waals surface area (Å²) in [6, 6.07) is 153. The van der Waals surface area contributed by atoms with Crippen LogP contribution in [0, 0.1) is 0 Å². The molecule has 120 heavy (non-hydrogen) atoms. The van der Waals surface area contributed by atoms with Crippen LogP contribution >= 0.6 is 0 Å². The summed E-state index contributed by atoms with van der Waals surface area (Å²) in [5, 5.41) is 4.77. The predicted octanol–water partition coefficient (Wildman–Crippen LogP) is 28.8. The Bertz CT molecular complexity index is 7540. The van der Waals surface area contributed by atoms with E-state index >= 15 is 0 Å². The lowest BCUT2D eigenvalue weighted by atomic mass is 9.66. The highest BCUT2D eigenvalue weighted by molar-refractivity contribution is 6.08. The van der Waals surface area contributed by atoms with Gasteiger partial charge >= 0.3 is 0 Å². The standard InChI is InChI=1S/C114H70N4O2/c1-3-26-71(27-4-1)74-31-24-35-82(63-74)104-70-105(117-111(116-104)92-43-10-9-38-86(92)80-56-60-101-109(67-80)119-107-50-21-19-48-99(107)113(101)95-44-15-11-39-88(95)89-40-12-16-45-96(89)113)83-36-25-34-77(64-83)75-32-23-33-76(62-75)78-54-59-93(112-115-103(73-29-5-2-6-30-73)69-106(118-112)84-55-58-87-79(65-84)53-52-72-28-7-8-37-85(72)87)94(66-78)81-57-61-102-110(68-81)120-108-51-22-20-49-100(108)114(102)97-46-17-13-41-90(97)91-42-14-18-47-98(91)114/h1-70H. The van der Waals surface area contributed by atoms with Crippen molar-refractivity contribution in [2.45, 2.75) is 10.8 Å². The maximum atomic E-state index is 7.25. The Morgan fingerprint density at radius 3 is 1.02 bits per heavy atom. The van der Waals surface area contributed by atoms with Gasteiger partial charge in [0.15, 0.2) is 11.6 Å². The highest BCUT2D eigenvalue weighted by Gasteiger charge is 2.53. The van der Waals surface area contributed by atoms with E-state index in [9.17, 15) is 0 Å². The van der Waals surface area contributed by atoms with E-state index < -0.39 is 10.8 Å². The van der Waals surface area contributed by atoms with Crippen LogP contribution in [0.5, 0.6) is 23.0 Å². The molecule has 558 valence electrons. The maximum Gasteiger partial charge on any atom is 0.161 e. The molecular weight excluding hydrogens is 1460 g/mol. The van der Waals surface area contributed by atoms with Crippen LogP contribution in [0.25, 0.3) is 167 Å². The zero-order valence-corrected chi connectivity index (χ0v) is 65.0. The Kier molecular flexibility index (Phi) is 15.7. The van der Waals surface area contributed by atoms with Crippen LogP contribution in [0.2, 0.25) is 0 Å². The maximum absolute atomic E-state index is 7.25. The predicted molar refractivity (Wildman–Crippen MR) is 487 cm³/mol. The van der Waals surface area contributed by atoms with E-state index in [0.717, 1.165) is 162 Å². The summed E-state index contributed by atoms with van der Waals surface area (Å²) >= 11 is 0. The molecule has 20 aromatic rings. The first kappa shape index (κ1) is 68.6. The monoisotopic (exact) mass is 1530 g/mol. The van der Waals surface area contributed by atoms with Crippen LogP contribution < -0.4 is 9.47 Å². The Hall–Kier alpha value is -15.8. The van der Waals surface area contributed by atoms with Gasteiger partial charge in [0.1, 0.15) is 23.0 Å². The van der Waals surface area contributed by atoms with Gasteiger partial charge in [-0.2, -0.15) is 0 Å². The summed E-state index contributed by atoms with van der Waals surface area (Å²) in [6.45, 7) is 0. The van der Waals surface area contributed by atoms with Crippen LogP contribution in [-0.4, -0.2) is 19.9 Å². The van der Waals surface area contributed by atoms with E-state index in [1.807, 2.05) is 0 Å². The second kappa shape index (κ2) is 27.5. The SMILES string of the molecule is c1ccc(-c2cccc(-c3cc(-c4cccc(-c5cccc(-c6ccc(-c7nc(-c8ccccc8)cc(-c8ccc9c(ccc%10ccccc%109)c8)n7)c(-c7ccc8c(c7)Oc7ccccc7C87c8ccccc8-c8ccccc87)c6)c5)c4)nc(-c4ccccc4-c4ccc5c(c4)Oc4ccccc4C54c5ccccc5-c5ccccc54)n3)c2)cc1. The Morgan fingerprint density at radius 1 is 0.158 bits per heavy atom. The topological polar surface area (TPSA) is 70.0 Å². The van der Waals surface area contributed by atoms with Gasteiger partial charge in [0.25, 0.3) is 0 Å². The quantitative estimate of drug-likeness (QED) is 0.120. The third-order valence-electron chi connectivity index (χ3n) is 25.3. The van der Waals surface area contributed by atoms with Crippen molar-refractivity contribution in [3.8, 4) is 169 Å². The number of ether oxygens (including phenoxy) is 2. The number of fused-ring (bicyclic) bond motifs is 21. The lowest BCUT2D eigenvalue weighted by molar-refractivity contribution is 0.436. The minimum absolute atomic E-state index is 0.590. The molecule has 2 aliphatic carbocycles. The minimum Gasteiger partial charge on any atom is -0.457 e. The van der Waals surface area contributed by atoms with Crippen molar-refractivity contribution in [1.82, 2.24) is 19.9 Å². The first-order valence-corrected chi connectivity index (χ1v) is 41.0. The molecule has 0 bridgehead atoms. The molecule has 0 unspecified atom stereocenters. The third kappa shape index (κ3) is 10.8. The number of benzene rings is 18. The summed E-state index contributed by atoms with van der Waals surface area (Å²) in [7, 11) is 0. The second-order valence-corrected chi connectivity index (χ2v) is 31.7. The lowest BCUT2D eigenvalue weighted by Gasteiger charge is -2.39. The van der Waals surface area contributed by atoms with Crippen molar-refractivity contribution in [2.24, 2.45) is 0 Å². The molecule has 4 heterocycles. The Balaban J connectivity index is 0.645. The molecule has 0 atom stereocenters. The summed E-state index contributed by atoms with van der Waals surface area (Å²) in [5.41, 5.74) is 32.4. The molecule has 0 saturated heterocycles. The van der Waals surface area contributed by atoms with E-state index in [4.69, 9.17) is 29.4 Å². The molecule has 0 radical (unpaired) electrons. The molecule has 6 heteroatoms. The fourth-order valence-corrected chi connectivity index (χ4v) is 19.9. The first-order valence-electron chi connectivity index (χ1n) is 41.0. The normalized spacial score (nSPS) is 13.1. The van der Waals surface area contributed by atoms with Gasteiger partial charge in [-0.15, -0.1) is 0 Å². The zero-order valence-electron chi connectivity index (χ0n) is 65.0. The summed E-state index contributed by atoms with van der Waals surface area (Å²) in [4.78, 5) is 22.4. The molecule has 24 rings (SSSR count). The van der Waals surface area contributed by atoms with Gasteiger partial charge < -0.3 is 9.47 Å². The number of aromatic nitrogens is 4. The Labute approximate surface area is 695 Å². The molecule has 2 spiro atoms. The number of para-hydroxylation sites is 2. The van der Waals surface area contributed by atoms with E-state index in [1.165, 1.54) is 60.7 Å². The smallest absolute Gasteiger partial charge is 0.161 e. The molecule has 0 saturated carbocycles. The highest BCUT2D eigenvalue weighted by Crippen LogP contribution is 2.65. The number of hydrogen-bond donors (Lipinski definition) is 0. The van der Waals surface area contributed by atoms with Crippen molar-refractivity contribution in [1.29, 1.82) is 0 Å². The molecule has 18 aromatic carbocycles. The number of rotatable bonds is 11. The highest BCUT2D eigenvalue weighted by atomic mass is 16.5. The van der Waals surface area contributed by atoms with Gasteiger partial charge in [-0.3, -0.25) is 0 Å². The van der Waals surface area contributed by atoms with Crippen molar-refractivity contribution < 1.29 is 9.47 Å². The van der Waals surface area contributed by atoms with Crippen LogP contribution in [0.1, 0.15) is 44.5 Å². The van der Waals surface area contributed by atoms with E-state index in [-0.39, 0.29) is 0 Å². The molecule has 0 fully saturated rings. The first-order chi connectivity index (χ1) is 59.4. The van der Waals surface area contributed by atoms with E-state index in [0.29, 0.717) is 11.6 Å². The fourth-order valence-electron chi connectivity index (χ4n) is 19.9. The van der Waals surface area contributed by atoms with Gasteiger partial charge in [0.05, 0.1) is 33.6 Å². The van der Waals surface area contributed by atoms with Gasteiger partial charge in [-0.1, -0.05) is 352 Å². The molecule has 2 aromatic heterocycles. The largest absolute Gasteiger partial charge is 0.457 e. The fraction of sp³-hybridized carbons (Fsp3) is 0.0175. The molecule has 0 N–H and O–H groups in total. The average Bonchev–Trinajstić information content (AvgIpc) is 1.51. The zero-order chi connectivity index (χ0) is 79.0. The summed E-state index contributed by atoms with van der Waals surface area (Å²) < 4.78 is 14.3. The third-order valence-corrected chi connectivity index (χ3v) is 25.3. The van der Waals surface area contributed by atoms with Crippen LogP contribution in [0.15, 0.2) is 425 Å². The van der Waals surface area contributed by atoms with Gasteiger partial charge in [-0.05, 0) is 194 Å². The molecule has 0 amide bonds. The van der Waals surface area contributed by atoms with Crippen molar-refractivity contribution >= 4 is 21.5 Å². The van der Waals surface area contributed by atoms with Gasteiger partial charge in [-0.25, -0.2) is 19.9 Å². The van der Waals surface area contributed by atoms with Crippen LogP contribution in [0.3, 0.4) is 0 Å². The number of hydrogen-bond acceptors (Lipinski definition) is 6. The minimum atomic E-state index is -0.638. The van der Waals surface area contributed by atoms with Crippen molar-refractivity contribution in [3.05, 3.63) is 469 Å². The molecule has 2 aliphatic heterocycles. The van der Waals surface area contributed by atoms with Crippen LogP contribution in [-0.2, 0) is 10.8 Å². The lowest BCUT2D eigenvalue weighted by Crippen LogP contribution is -2.32. The molecule has 4 aliphatic rings. The summed E-state index contributed by atoms with van der Waals surface area (Å²) in [5.74, 6) is 4.49. The average molecular weight is 1530 g/mol. The second-order valence-electron chi connectivity index (χ2n) is 31.7. The van der Waals surface area contributed by atoms with E-state index in [2.05, 4.69) is 425 Å². The van der Waals surface area contributed by atoms with E-state index in [1.54, 1.807) is 0 Å². The van der Waals surface area contributed by atoms with Gasteiger partial charge in [0, 0.05) is 55.6 Å². The van der Waals surface area contributed by atoms with Crippen molar-refractivity contribution in [3.63, 3.8) is 0 Å². The number of nitrogens with zero attached hydrogens (tertiary/aromatic N) is 4. The Morgan fingerprint density at radius 2 is 0.492 bits per heavy atom. The summed E-state index contributed by atoms with van der Waals surface area (Å²) in [6.07, 6.45) is 0.